The molecule has 1 aliphatic rings. The van der Waals surface area contributed by atoms with Gasteiger partial charge in [0.15, 0.2) is 0 Å². The molecule has 0 aromatic heterocycles. The van der Waals surface area contributed by atoms with Gasteiger partial charge in [-0.25, -0.2) is 0 Å². The minimum absolute atomic E-state index is 0.0849. The van der Waals surface area contributed by atoms with E-state index in [2.05, 4.69) is 0 Å². The number of hydrogen-bond donors (Lipinski definition) is 0. The lowest BCUT2D eigenvalue weighted by Crippen LogP contribution is -2.38. The van der Waals surface area contributed by atoms with Gasteiger partial charge in [0.25, 0.3) is 0 Å². The minimum atomic E-state index is -1.23. The van der Waals surface area contributed by atoms with Crippen LogP contribution in [0.4, 0.5) is 0 Å². The average molecular weight is 304 g/mol. The molecule has 3 atom stereocenters. The Morgan fingerprint density at radius 3 is 2.19 bits per heavy atom. The zero-order chi connectivity index (χ0) is 16.0. The van der Waals surface area contributed by atoms with Crippen LogP contribution < -0.4 is 0 Å². The van der Waals surface area contributed by atoms with Crippen molar-refractivity contribution in [3.8, 4) is 0 Å². The number of hydrogen-bond acceptors (Lipinski definition) is 8. The fourth-order valence-corrected chi connectivity index (χ4v) is 2.00. The van der Waals surface area contributed by atoms with Gasteiger partial charge in [-0.1, -0.05) is 0 Å². The summed E-state index contributed by atoms with van der Waals surface area (Å²) in [4.78, 5) is 33.0. The second-order valence-corrected chi connectivity index (χ2v) is 4.71. The Bertz CT molecular complexity index is 407. The van der Waals surface area contributed by atoms with Gasteiger partial charge in [-0.05, 0) is 0 Å². The number of esters is 3. The van der Waals surface area contributed by atoms with Crippen LogP contribution in [0.1, 0.15) is 27.2 Å². The molecule has 2 unspecified atom stereocenters. The quantitative estimate of drug-likeness (QED) is 0.506. The Labute approximate surface area is 122 Å². The smallest absolute Gasteiger partial charge is 0.303 e. The molecule has 0 aromatic rings. The van der Waals surface area contributed by atoms with Crippen LogP contribution >= 0.6 is 0 Å². The molecule has 0 bridgehead atoms. The topological polar surface area (TPSA) is 97.4 Å². The summed E-state index contributed by atoms with van der Waals surface area (Å²) in [6, 6.07) is 0. The first-order valence-corrected chi connectivity index (χ1v) is 6.45. The maximum Gasteiger partial charge on any atom is 0.303 e. The number of ether oxygens (including phenoxy) is 5. The molecule has 0 amide bonds. The van der Waals surface area contributed by atoms with Crippen molar-refractivity contribution >= 4 is 17.9 Å². The van der Waals surface area contributed by atoms with Crippen LogP contribution in [0.5, 0.6) is 0 Å². The highest BCUT2D eigenvalue weighted by Crippen LogP contribution is 2.34. The Balaban J connectivity index is 2.77. The molecular weight excluding hydrogens is 284 g/mol. The van der Waals surface area contributed by atoms with Gasteiger partial charge in [-0.3, -0.25) is 14.4 Å². The number of rotatable bonds is 6. The normalized spacial score (nSPS) is 28.0. The fourth-order valence-electron chi connectivity index (χ4n) is 2.00. The zero-order valence-corrected chi connectivity index (χ0v) is 12.5. The standard InChI is InChI=1S/C13H20O8/c1-8(14)18-6-12-11(20-10(3)16)5-13(17-4,21-12)7-19-9(2)15/h11-12H,5-7H2,1-4H3/t11?,12-,13?/m1/s1. The van der Waals surface area contributed by atoms with Crippen molar-refractivity contribution in [3.63, 3.8) is 0 Å². The molecular formula is C13H20O8. The Kier molecular flexibility index (Phi) is 6.10. The highest BCUT2D eigenvalue weighted by molar-refractivity contribution is 5.67. The van der Waals surface area contributed by atoms with Gasteiger partial charge in [0.05, 0.1) is 0 Å². The van der Waals surface area contributed by atoms with Gasteiger partial charge in [0.1, 0.15) is 25.4 Å². The van der Waals surface area contributed by atoms with Crippen LogP contribution in [-0.4, -0.2) is 56.2 Å². The summed E-state index contributed by atoms with van der Waals surface area (Å²) in [6.45, 7) is 3.56. The van der Waals surface area contributed by atoms with E-state index in [1.807, 2.05) is 0 Å². The maximum atomic E-state index is 11.1. The minimum Gasteiger partial charge on any atom is -0.463 e. The highest BCUT2D eigenvalue weighted by Gasteiger charge is 2.50. The predicted octanol–water partition coefficient (Wildman–Crippen LogP) is 0.176. The zero-order valence-electron chi connectivity index (χ0n) is 12.5. The molecule has 1 heterocycles. The molecule has 1 fully saturated rings. The Morgan fingerprint density at radius 2 is 1.71 bits per heavy atom. The summed E-state index contributed by atoms with van der Waals surface area (Å²) < 4.78 is 25.9. The third kappa shape index (κ3) is 5.31. The van der Waals surface area contributed by atoms with Gasteiger partial charge in [-0.15, -0.1) is 0 Å². The van der Waals surface area contributed by atoms with Crippen molar-refractivity contribution in [2.24, 2.45) is 0 Å². The molecule has 8 nitrogen and oxygen atoms in total. The lowest BCUT2D eigenvalue weighted by molar-refractivity contribution is -0.241. The van der Waals surface area contributed by atoms with Crippen LogP contribution in [0, 0.1) is 0 Å². The fraction of sp³-hybridized carbons (Fsp3) is 0.769. The molecule has 1 aliphatic heterocycles. The lowest BCUT2D eigenvalue weighted by Gasteiger charge is -2.26. The van der Waals surface area contributed by atoms with Crippen LogP contribution in [0.15, 0.2) is 0 Å². The average Bonchev–Trinajstić information content (AvgIpc) is 2.72. The van der Waals surface area contributed by atoms with E-state index in [0.29, 0.717) is 0 Å². The van der Waals surface area contributed by atoms with Gasteiger partial charge in [-0.2, -0.15) is 0 Å². The lowest BCUT2D eigenvalue weighted by atomic mass is 10.1. The second kappa shape index (κ2) is 7.37. The molecule has 0 aliphatic carbocycles. The molecule has 1 saturated heterocycles. The van der Waals surface area contributed by atoms with Crippen LogP contribution in [-0.2, 0) is 38.1 Å². The summed E-state index contributed by atoms with van der Waals surface area (Å²) in [5.41, 5.74) is 0. The molecule has 1 rings (SSSR count). The largest absolute Gasteiger partial charge is 0.463 e. The molecule has 0 radical (unpaired) electrons. The van der Waals surface area contributed by atoms with Crippen LogP contribution in [0.2, 0.25) is 0 Å². The Hall–Kier alpha value is -1.67. The molecule has 0 aromatic carbocycles. The van der Waals surface area contributed by atoms with E-state index in [9.17, 15) is 14.4 Å². The van der Waals surface area contributed by atoms with Crippen LogP contribution in [0.3, 0.4) is 0 Å². The van der Waals surface area contributed by atoms with Crippen molar-refractivity contribution in [1.82, 2.24) is 0 Å². The van der Waals surface area contributed by atoms with Crippen molar-refractivity contribution in [2.45, 2.75) is 45.2 Å². The first-order chi connectivity index (χ1) is 9.78. The summed E-state index contributed by atoms with van der Waals surface area (Å²) in [5, 5.41) is 0. The monoisotopic (exact) mass is 304 g/mol. The highest BCUT2D eigenvalue weighted by atomic mass is 16.7. The van der Waals surface area contributed by atoms with Crippen molar-refractivity contribution < 1.29 is 38.1 Å². The first kappa shape index (κ1) is 17.4. The van der Waals surface area contributed by atoms with E-state index < -0.39 is 35.9 Å². The molecule has 0 spiro atoms. The van der Waals surface area contributed by atoms with Crippen molar-refractivity contribution in [3.05, 3.63) is 0 Å². The summed E-state index contributed by atoms with van der Waals surface area (Å²) in [7, 11) is 1.39. The number of carbonyl (C=O) groups is 3. The van der Waals surface area contributed by atoms with Gasteiger partial charge < -0.3 is 23.7 Å². The van der Waals surface area contributed by atoms with Crippen molar-refractivity contribution in [1.29, 1.82) is 0 Å². The molecule has 0 N–H and O–H groups in total. The SMILES string of the molecule is COC1(COC(C)=O)CC(OC(C)=O)[C@@H](COC(C)=O)O1. The van der Waals surface area contributed by atoms with Gasteiger partial charge in [0, 0.05) is 34.3 Å². The number of carbonyl (C=O) groups excluding carboxylic acids is 3. The van der Waals surface area contributed by atoms with Crippen molar-refractivity contribution in [2.75, 3.05) is 20.3 Å². The third-order valence-electron chi connectivity index (χ3n) is 2.93. The first-order valence-electron chi connectivity index (χ1n) is 6.45. The van der Waals surface area contributed by atoms with E-state index in [0.717, 1.165) is 0 Å². The summed E-state index contributed by atoms with van der Waals surface area (Å²) in [6.07, 6.45) is -1.17. The van der Waals surface area contributed by atoms with E-state index in [1.54, 1.807) is 0 Å². The predicted molar refractivity (Wildman–Crippen MR) is 68.1 cm³/mol. The third-order valence-corrected chi connectivity index (χ3v) is 2.93. The van der Waals surface area contributed by atoms with E-state index in [-0.39, 0.29) is 19.6 Å². The molecule has 120 valence electrons. The van der Waals surface area contributed by atoms with Gasteiger partial charge >= 0.3 is 17.9 Å². The van der Waals surface area contributed by atoms with E-state index >= 15 is 0 Å². The number of methoxy groups -OCH3 is 1. The molecule has 21 heavy (non-hydrogen) atoms. The van der Waals surface area contributed by atoms with E-state index in [1.165, 1.54) is 27.9 Å². The molecule has 0 saturated carbocycles. The maximum absolute atomic E-state index is 11.1. The second-order valence-electron chi connectivity index (χ2n) is 4.71. The summed E-state index contributed by atoms with van der Waals surface area (Å²) in [5.74, 6) is -2.68. The van der Waals surface area contributed by atoms with E-state index in [4.69, 9.17) is 23.7 Å². The molecule has 8 heteroatoms. The van der Waals surface area contributed by atoms with Gasteiger partial charge in [0.2, 0.25) is 5.79 Å². The van der Waals surface area contributed by atoms with Crippen LogP contribution in [0.25, 0.3) is 0 Å². The Morgan fingerprint density at radius 1 is 1.10 bits per heavy atom. The summed E-state index contributed by atoms with van der Waals surface area (Å²) >= 11 is 0.